The Morgan fingerprint density at radius 3 is 2.41 bits per heavy atom. The Morgan fingerprint density at radius 2 is 1.71 bits per heavy atom. The number of hydroxylamine groups is 2. The van der Waals surface area contributed by atoms with Crippen molar-refractivity contribution in [2.45, 2.75) is 166 Å². The van der Waals surface area contributed by atoms with Crippen molar-refractivity contribution < 1.29 is 57.9 Å². The number of nitrogens with one attached hydrogen (secondary N) is 2. The molecule has 3 aliphatic heterocycles. The zero-order chi connectivity index (χ0) is 45.2. The monoisotopic (exact) mass is 877 g/mol. The highest BCUT2D eigenvalue weighted by Gasteiger charge is 2.76. The molecule has 63 heavy (non-hydrogen) atoms. The van der Waals surface area contributed by atoms with Crippen molar-refractivity contribution in [1.82, 2.24) is 15.7 Å². The van der Waals surface area contributed by atoms with Gasteiger partial charge in [0.15, 0.2) is 11.8 Å². The third-order valence-electron chi connectivity index (χ3n) is 12.2. The van der Waals surface area contributed by atoms with Gasteiger partial charge in [-0.2, -0.15) is 5.06 Å². The van der Waals surface area contributed by atoms with Gasteiger partial charge in [0.05, 0.1) is 32.1 Å². The van der Waals surface area contributed by atoms with Gasteiger partial charge >= 0.3 is 11.9 Å². The topological polar surface area (TPSA) is 191 Å². The van der Waals surface area contributed by atoms with Crippen molar-refractivity contribution in [3.05, 3.63) is 77.0 Å². The Balaban J connectivity index is 1.25. The van der Waals surface area contributed by atoms with Gasteiger partial charge in [0, 0.05) is 37.8 Å². The van der Waals surface area contributed by atoms with E-state index in [-0.39, 0.29) is 52.2 Å². The number of amides is 2. The molecule has 0 aromatic heterocycles. The molecule has 7 atom stereocenters. The normalized spacial score (nSPS) is 25.3. The molecule has 1 aliphatic carbocycles. The van der Waals surface area contributed by atoms with Gasteiger partial charge in [-0.1, -0.05) is 75.9 Å². The molecule has 0 radical (unpaired) electrons. The molecule has 3 heterocycles. The van der Waals surface area contributed by atoms with E-state index in [1.807, 2.05) is 24.3 Å². The molecule has 346 valence electrons. The van der Waals surface area contributed by atoms with Crippen LogP contribution in [0.3, 0.4) is 0 Å². The molecule has 2 amide bonds. The quantitative estimate of drug-likeness (QED) is 0.0611. The van der Waals surface area contributed by atoms with Gasteiger partial charge in [-0.3, -0.25) is 24.0 Å². The Bertz CT molecular complexity index is 1910. The average molecular weight is 878 g/mol. The number of hydrogen-bond donors (Lipinski definition) is 4. The molecule has 1 saturated carbocycles. The molecule has 6 rings (SSSR count). The van der Waals surface area contributed by atoms with Crippen LogP contribution in [0.5, 0.6) is 0 Å². The van der Waals surface area contributed by atoms with Crippen molar-refractivity contribution in [1.29, 1.82) is 0 Å². The largest absolute Gasteiger partial charge is 0.499 e. The summed E-state index contributed by atoms with van der Waals surface area (Å²) in [6.07, 6.45) is 7.89. The van der Waals surface area contributed by atoms with E-state index in [2.05, 4.69) is 24.5 Å². The van der Waals surface area contributed by atoms with E-state index in [9.17, 15) is 24.6 Å². The molecule has 0 unspecified atom stereocenters. The summed E-state index contributed by atoms with van der Waals surface area (Å²) in [5.41, 5.74) is 0.482. The lowest BCUT2D eigenvalue weighted by Crippen LogP contribution is -2.69. The Kier molecular flexibility index (Phi) is 16.4. The van der Waals surface area contributed by atoms with Gasteiger partial charge in [0.25, 0.3) is 5.91 Å². The first-order chi connectivity index (χ1) is 30.3. The van der Waals surface area contributed by atoms with Gasteiger partial charge in [-0.25, -0.2) is 0 Å². The predicted octanol–water partition coefficient (Wildman–Crippen LogP) is 5.64. The van der Waals surface area contributed by atoms with E-state index >= 15 is 4.79 Å². The van der Waals surface area contributed by atoms with Crippen LogP contribution in [0.1, 0.15) is 132 Å². The number of aliphatic hydroxyl groups excluding tert-OH is 2. The number of esters is 2. The van der Waals surface area contributed by atoms with Crippen LogP contribution < -0.4 is 10.6 Å². The zero-order valence-electron chi connectivity index (χ0n) is 37.5. The summed E-state index contributed by atoms with van der Waals surface area (Å²) in [5, 5.41) is 26.6. The number of hydrogen-bond acceptors (Lipinski definition) is 13. The van der Waals surface area contributed by atoms with E-state index in [1.165, 1.54) is 6.26 Å². The van der Waals surface area contributed by atoms with Crippen molar-refractivity contribution in [2.75, 3.05) is 19.8 Å². The minimum absolute atomic E-state index is 0.0234. The molecule has 4 N–H and O–H groups in total. The molecule has 15 nitrogen and oxygen atoms in total. The highest BCUT2D eigenvalue weighted by molar-refractivity contribution is 5.95. The summed E-state index contributed by atoms with van der Waals surface area (Å²) in [4.78, 5) is 61.9. The molecule has 0 spiro atoms. The zero-order valence-corrected chi connectivity index (χ0v) is 37.5. The fourth-order valence-corrected chi connectivity index (χ4v) is 9.28. The molecule has 3 saturated heterocycles. The van der Waals surface area contributed by atoms with Crippen molar-refractivity contribution in [3.63, 3.8) is 0 Å². The van der Waals surface area contributed by atoms with Gasteiger partial charge in [-0.15, -0.1) is 0 Å². The number of rotatable bonds is 23. The van der Waals surface area contributed by atoms with E-state index in [0.717, 1.165) is 49.7 Å². The number of carbonyl (C=O) groups excluding carboxylic acids is 4. The summed E-state index contributed by atoms with van der Waals surface area (Å²) < 4.78 is 30.9. The molecule has 2 bridgehead atoms. The smallest absolute Gasteiger partial charge is 0.327 e. The summed E-state index contributed by atoms with van der Waals surface area (Å²) in [5.74, 6) is -2.76. The Hall–Kier alpha value is -4.38. The van der Waals surface area contributed by atoms with Crippen LogP contribution in [0.15, 0.2) is 54.8 Å². The molecular formula is C48H67N3O12. The molecule has 2 aromatic rings. The predicted molar refractivity (Wildman–Crippen MR) is 232 cm³/mol. The lowest BCUT2D eigenvalue weighted by Gasteiger charge is -2.48. The SMILES string of the molecule is CCCCCC1(CCCCC)O[C@@H]2[C@H](O1)[C@H]1ON(Cc3ccccc3C=COCCO)[C@@H]3C(=O)O[C@@H]2C[C@]13C(=O)NCc1cccc(C(=O)N[C@H](CO)CCC(=O)OC(C)(C)C)c1. The van der Waals surface area contributed by atoms with Crippen LogP contribution in [0.25, 0.3) is 6.08 Å². The summed E-state index contributed by atoms with van der Waals surface area (Å²) >= 11 is 0. The molecule has 2 aromatic carbocycles. The number of nitrogens with zero attached hydrogens (tertiary/aromatic N) is 1. The van der Waals surface area contributed by atoms with Crippen LogP contribution in [0.4, 0.5) is 0 Å². The van der Waals surface area contributed by atoms with Crippen LogP contribution in [0, 0.1) is 5.41 Å². The minimum Gasteiger partial charge on any atom is -0.499 e. The van der Waals surface area contributed by atoms with Crippen molar-refractivity contribution in [2.24, 2.45) is 5.41 Å². The fraction of sp³-hybridized carbons (Fsp3) is 0.625. The lowest BCUT2D eigenvalue weighted by atomic mass is 9.62. The summed E-state index contributed by atoms with van der Waals surface area (Å²) in [6.45, 7) is 9.44. The van der Waals surface area contributed by atoms with E-state index < -0.39 is 77.1 Å². The van der Waals surface area contributed by atoms with Gasteiger partial charge in [0.2, 0.25) is 5.91 Å². The van der Waals surface area contributed by atoms with Crippen molar-refractivity contribution >= 4 is 29.8 Å². The second-order valence-corrected chi connectivity index (χ2v) is 18.2. The first kappa shape index (κ1) is 48.1. The maximum absolute atomic E-state index is 15.1. The number of unbranched alkanes of at least 4 members (excludes halogenated alkanes) is 4. The number of ether oxygens (including phenoxy) is 5. The van der Waals surface area contributed by atoms with E-state index in [1.54, 1.807) is 56.2 Å². The third-order valence-corrected chi connectivity index (χ3v) is 12.2. The average Bonchev–Trinajstić information content (AvgIpc) is 3.81. The number of benzene rings is 2. The van der Waals surface area contributed by atoms with Crippen LogP contribution >= 0.6 is 0 Å². The van der Waals surface area contributed by atoms with Gasteiger partial charge < -0.3 is 44.5 Å². The second kappa shape index (κ2) is 21.5. The molecular weight excluding hydrogens is 811 g/mol. The second-order valence-electron chi connectivity index (χ2n) is 18.2. The van der Waals surface area contributed by atoms with Gasteiger partial charge in [0.1, 0.15) is 42.0 Å². The Morgan fingerprint density at radius 1 is 0.984 bits per heavy atom. The van der Waals surface area contributed by atoms with E-state index in [0.29, 0.717) is 24.0 Å². The first-order valence-corrected chi connectivity index (χ1v) is 22.7. The van der Waals surface area contributed by atoms with Crippen molar-refractivity contribution in [3.8, 4) is 0 Å². The highest BCUT2D eigenvalue weighted by atomic mass is 16.8. The maximum Gasteiger partial charge on any atom is 0.327 e. The van der Waals surface area contributed by atoms with Crippen LogP contribution in [-0.2, 0) is 56.0 Å². The highest BCUT2D eigenvalue weighted by Crippen LogP contribution is 2.58. The maximum atomic E-state index is 15.1. The third kappa shape index (κ3) is 11.5. The fourth-order valence-electron chi connectivity index (χ4n) is 9.28. The first-order valence-electron chi connectivity index (χ1n) is 22.7. The number of aliphatic hydroxyl groups is 2. The Labute approximate surface area is 371 Å². The van der Waals surface area contributed by atoms with Crippen LogP contribution in [0.2, 0.25) is 0 Å². The van der Waals surface area contributed by atoms with E-state index in [4.69, 9.17) is 28.5 Å². The van der Waals surface area contributed by atoms with Crippen LogP contribution in [-0.4, -0.2) is 107 Å². The minimum atomic E-state index is -1.42. The van der Waals surface area contributed by atoms with Gasteiger partial charge in [-0.05, 0) is 74.9 Å². The lowest BCUT2D eigenvalue weighted by molar-refractivity contribution is -0.224. The number of carbonyl (C=O) groups is 4. The molecule has 15 heteroatoms. The molecule has 4 fully saturated rings. The number of fused-ring (bicyclic) bond motifs is 4. The summed E-state index contributed by atoms with van der Waals surface area (Å²) in [7, 11) is 0. The standard InChI is InChI=1S/C48H67N3O12/c1-6-8-12-22-47(23-13-9-7-2)61-39-37-28-48(45(57)49-29-32-15-14-18-34(27-32)43(55)50-36(31-53)19-20-38(54)60-46(3,4)5)41(44(56)59-37)51(63-42(48)40(39)62-47)30-35-17-11-10-16-33(35)21-25-58-26-24-52/h10-11,14-18,21,25,27,36-37,39-42,52-53H,6-9,12-13,19-20,22-24,26,28-31H2,1-5H3,(H,49,57)(H,50,55)/t36-,37+,39-,40-,41+,42+,48+/m0/s1. The molecule has 4 aliphatic rings. The summed E-state index contributed by atoms with van der Waals surface area (Å²) in [6, 6.07) is 12.6.